The van der Waals surface area contributed by atoms with E-state index in [4.69, 9.17) is 23.2 Å². The second-order valence-corrected chi connectivity index (χ2v) is 5.83. The Morgan fingerprint density at radius 2 is 1.85 bits per heavy atom. The van der Waals surface area contributed by atoms with Crippen LogP contribution in [0.3, 0.4) is 0 Å². The molecular formula is C15H8BrCl2NO. The minimum absolute atomic E-state index is 0.293. The van der Waals surface area contributed by atoms with E-state index in [1.807, 2.05) is 6.07 Å². The number of rotatable bonds is 3. The Hall–Kier alpha value is -1.34. The van der Waals surface area contributed by atoms with Crippen LogP contribution in [0, 0.1) is 11.3 Å². The van der Waals surface area contributed by atoms with E-state index in [1.54, 1.807) is 42.5 Å². The van der Waals surface area contributed by atoms with Gasteiger partial charge in [0.25, 0.3) is 0 Å². The molecule has 0 saturated carbocycles. The largest absolute Gasteiger partial charge is 0.292 e. The standard InChI is InChI=1S/C15H8BrCl2NO/c16-14-7-11(18)4-5-12(14)15(20)13(8-19)9-2-1-3-10(17)6-9/h1-7,13H. The average molecular weight is 369 g/mol. The van der Waals surface area contributed by atoms with Gasteiger partial charge in [0.2, 0.25) is 0 Å². The molecule has 0 bridgehead atoms. The number of nitriles is 1. The van der Waals surface area contributed by atoms with Crippen LogP contribution in [0.1, 0.15) is 21.8 Å². The van der Waals surface area contributed by atoms with Crippen molar-refractivity contribution in [3.63, 3.8) is 0 Å². The predicted molar refractivity (Wildman–Crippen MR) is 83.3 cm³/mol. The van der Waals surface area contributed by atoms with Crippen molar-refractivity contribution >= 4 is 44.9 Å². The molecule has 0 fully saturated rings. The lowest BCUT2D eigenvalue weighted by Crippen LogP contribution is -2.12. The molecule has 1 atom stereocenters. The fraction of sp³-hybridized carbons (Fsp3) is 0.0667. The molecule has 0 saturated heterocycles. The summed E-state index contributed by atoms with van der Waals surface area (Å²) in [5.74, 6) is -1.19. The van der Waals surface area contributed by atoms with Gasteiger partial charge in [-0.2, -0.15) is 5.26 Å². The number of hydrogen-bond donors (Lipinski definition) is 0. The molecule has 0 spiro atoms. The van der Waals surface area contributed by atoms with Gasteiger partial charge in [-0.1, -0.05) is 35.3 Å². The summed E-state index contributed by atoms with van der Waals surface area (Å²) in [4.78, 5) is 12.5. The fourth-order valence-electron chi connectivity index (χ4n) is 1.82. The van der Waals surface area contributed by atoms with E-state index >= 15 is 0 Å². The summed E-state index contributed by atoms with van der Waals surface area (Å²) in [6, 6.07) is 13.6. The minimum atomic E-state index is -0.897. The monoisotopic (exact) mass is 367 g/mol. The van der Waals surface area contributed by atoms with E-state index in [1.165, 1.54) is 0 Å². The molecule has 2 rings (SSSR count). The van der Waals surface area contributed by atoms with Gasteiger partial charge in [-0.15, -0.1) is 0 Å². The van der Waals surface area contributed by atoms with Crippen LogP contribution >= 0.6 is 39.1 Å². The highest BCUT2D eigenvalue weighted by Gasteiger charge is 2.23. The molecule has 2 nitrogen and oxygen atoms in total. The number of Topliss-reactive ketones (excluding diaryl/α,β-unsaturated/α-hetero) is 1. The van der Waals surface area contributed by atoms with Crippen molar-refractivity contribution in [2.45, 2.75) is 5.92 Å². The zero-order valence-corrected chi connectivity index (χ0v) is 13.2. The average Bonchev–Trinajstić information content (AvgIpc) is 2.39. The Balaban J connectivity index is 2.42. The molecule has 0 aliphatic heterocycles. The van der Waals surface area contributed by atoms with Crippen LogP contribution in [0.15, 0.2) is 46.9 Å². The fourth-order valence-corrected chi connectivity index (χ4v) is 2.89. The zero-order chi connectivity index (χ0) is 14.7. The number of benzene rings is 2. The van der Waals surface area contributed by atoms with Crippen molar-refractivity contribution in [1.29, 1.82) is 5.26 Å². The second-order valence-electron chi connectivity index (χ2n) is 4.11. The molecule has 0 amide bonds. The normalized spacial score (nSPS) is 11.7. The molecule has 2 aromatic rings. The van der Waals surface area contributed by atoms with Crippen LogP contribution in [0.2, 0.25) is 10.0 Å². The van der Waals surface area contributed by atoms with Crippen molar-refractivity contribution in [1.82, 2.24) is 0 Å². The molecule has 0 aliphatic rings. The third kappa shape index (κ3) is 3.21. The lowest BCUT2D eigenvalue weighted by atomic mass is 9.92. The highest BCUT2D eigenvalue weighted by molar-refractivity contribution is 9.10. The minimum Gasteiger partial charge on any atom is -0.292 e. The zero-order valence-electron chi connectivity index (χ0n) is 10.1. The maximum Gasteiger partial charge on any atom is 0.185 e. The van der Waals surface area contributed by atoms with Gasteiger partial charge in [-0.25, -0.2) is 0 Å². The van der Waals surface area contributed by atoms with Gasteiger partial charge in [0.15, 0.2) is 5.78 Å². The van der Waals surface area contributed by atoms with Crippen molar-refractivity contribution in [3.8, 4) is 6.07 Å². The molecule has 100 valence electrons. The van der Waals surface area contributed by atoms with Crippen molar-refractivity contribution in [2.24, 2.45) is 0 Å². The Morgan fingerprint density at radius 1 is 1.15 bits per heavy atom. The topological polar surface area (TPSA) is 40.9 Å². The third-order valence-electron chi connectivity index (χ3n) is 2.77. The summed E-state index contributed by atoms with van der Waals surface area (Å²) >= 11 is 15.0. The first-order chi connectivity index (χ1) is 9.52. The highest BCUT2D eigenvalue weighted by Crippen LogP contribution is 2.28. The maximum atomic E-state index is 12.5. The summed E-state index contributed by atoms with van der Waals surface area (Å²) in [5.41, 5.74) is 0.993. The predicted octanol–water partition coefficient (Wildman–Crippen LogP) is 5.25. The van der Waals surface area contributed by atoms with Crippen LogP contribution < -0.4 is 0 Å². The van der Waals surface area contributed by atoms with E-state index in [0.29, 0.717) is 25.6 Å². The van der Waals surface area contributed by atoms with Crippen molar-refractivity contribution < 1.29 is 4.79 Å². The Bertz CT molecular complexity index is 709. The van der Waals surface area contributed by atoms with Gasteiger partial charge < -0.3 is 0 Å². The van der Waals surface area contributed by atoms with E-state index in [9.17, 15) is 10.1 Å². The summed E-state index contributed by atoms with van der Waals surface area (Å²) in [7, 11) is 0. The molecule has 0 aliphatic carbocycles. The number of hydrogen-bond acceptors (Lipinski definition) is 2. The summed E-state index contributed by atoms with van der Waals surface area (Å²) in [5, 5.41) is 10.3. The number of halogens is 3. The van der Waals surface area contributed by atoms with Crippen LogP contribution in [-0.2, 0) is 0 Å². The van der Waals surface area contributed by atoms with Gasteiger partial charge in [0.1, 0.15) is 5.92 Å². The Labute approximate surface area is 135 Å². The number of carbonyl (C=O) groups excluding carboxylic acids is 1. The quantitative estimate of drug-likeness (QED) is 0.694. The first kappa shape index (κ1) is 15.1. The van der Waals surface area contributed by atoms with Crippen LogP contribution in [0.25, 0.3) is 0 Å². The van der Waals surface area contributed by atoms with Crippen LogP contribution in [0.5, 0.6) is 0 Å². The Kier molecular flexibility index (Phi) is 4.82. The molecular weight excluding hydrogens is 361 g/mol. The molecule has 0 N–H and O–H groups in total. The first-order valence-corrected chi connectivity index (χ1v) is 7.22. The Morgan fingerprint density at radius 3 is 2.45 bits per heavy atom. The maximum absolute atomic E-state index is 12.5. The van der Waals surface area contributed by atoms with Gasteiger partial charge in [0.05, 0.1) is 6.07 Å². The van der Waals surface area contributed by atoms with E-state index < -0.39 is 5.92 Å². The van der Waals surface area contributed by atoms with E-state index in [-0.39, 0.29) is 5.78 Å². The summed E-state index contributed by atoms with van der Waals surface area (Å²) < 4.78 is 0.567. The smallest absolute Gasteiger partial charge is 0.185 e. The highest BCUT2D eigenvalue weighted by atomic mass is 79.9. The third-order valence-corrected chi connectivity index (χ3v) is 3.90. The lowest BCUT2D eigenvalue weighted by Gasteiger charge is -2.10. The van der Waals surface area contributed by atoms with Crippen molar-refractivity contribution in [2.75, 3.05) is 0 Å². The summed E-state index contributed by atoms with van der Waals surface area (Å²) in [6.07, 6.45) is 0. The van der Waals surface area contributed by atoms with Gasteiger partial charge >= 0.3 is 0 Å². The molecule has 1 unspecified atom stereocenters. The van der Waals surface area contributed by atoms with Crippen molar-refractivity contribution in [3.05, 3.63) is 68.1 Å². The molecule has 5 heteroatoms. The second kappa shape index (κ2) is 6.41. The number of ketones is 1. The lowest BCUT2D eigenvalue weighted by molar-refractivity contribution is 0.0978. The van der Waals surface area contributed by atoms with E-state index in [2.05, 4.69) is 15.9 Å². The number of carbonyl (C=O) groups is 1. The SMILES string of the molecule is N#CC(C(=O)c1ccc(Cl)cc1Br)c1cccc(Cl)c1. The molecule has 0 aromatic heterocycles. The van der Waals surface area contributed by atoms with Crippen LogP contribution in [-0.4, -0.2) is 5.78 Å². The summed E-state index contributed by atoms with van der Waals surface area (Å²) in [6.45, 7) is 0. The van der Waals surface area contributed by atoms with Gasteiger partial charge in [-0.3, -0.25) is 4.79 Å². The molecule has 20 heavy (non-hydrogen) atoms. The first-order valence-electron chi connectivity index (χ1n) is 5.67. The molecule has 0 heterocycles. The number of nitrogens with zero attached hydrogens (tertiary/aromatic N) is 1. The molecule has 2 aromatic carbocycles. The van der Waals surface area contributed by atoms with Crippen LogP contribution in [0.4, 0.5) is 0 Å². The van der Waals surface area contributed by atoms with E-state index in [0.717, 1.165) is 0 Å². The van der Waals surface area contributed by atoms with Gasteiger partial charge in [0, 0.05) is 20.1 Å². The van der Waals surface area contributed by atoms with Gasteiger partial charge in [-0.05, 0) is 51.8 Å². The molecule has 0 radical (unpaired) electrons.